The van der Waals surface area contributed by atoms with Crippen molar-refractivity contribution in [1.82, 2.24) is 5.48 Å². The fourth-order valence-corrected chi connectivity index (χ4v) is 2.23. The van der Waals surface area contributed by atoms with Crippen molar-refractivity contribution in [1.29, 1.82) is 0 Å². The summed E-state index contributed by atoms with van der Waals surface area (Å²) in [5.74, 6) is -1.07. The number of hydrogen-bond donors (Lipinski definition) is 1. The summed E-state index contributed by atoms with van der Waals surface area (Å²) in [5.41, 5.74) is 2.07. The Morgan fingerprint density at radius 1 is 1.21 bits per heavy atom. The molecule has 0 spiro atoms. The highest BCUT2D eigenvalue weighted by Crippen LogP contribution is 2.32. The molecule has 1 amide bonds. The van der Waals surface area contributed by atoms with Crippen LogP contribution in [0.1, 0.15) is 29.2 Å². The standard InChI is InChI=1S/C19H18F4N2O4/c1-11-7-8-13(9-16(11)29-25-18(26)27-3)12(2)24-28-10-14-5-4-6-15(17(14)20)19(21,22)23/h4-9H,10H2,1-3H3,(H,25,26). The Morgan fingerprint density at radius 3 is 2.59 bits per heavy atom. The summed E-state index contributed by atoms with van der Waals surface area (Å²) in [6, 6.07) is 7.91. The van der Waals surface area contributed by atoms with E-state index in [-0.39, 0.29) is 5.56 Å². The van der Waals surface area contributed by atoms with E-state index in [2.05, 4.69) is 15.4 Å². The monoisotopic (exact) mass is 414 g/mol. The lowest BCUT2D eigenvalue weighted by Gasteiger charge is -2.11. The van der Waals surface area contributed by atoms with E-state index in [9.17, 15) is 22.4 Å². The second-order valence-electron chi connectivity index (χ2n) is 5.90. The fraction of sp³-hybridized carbons (Fsp3) is 0.263. The number of carbonyl (C=O) groups is 1. The number of methoxy groups -OCH3 is 1. The number of ether oxygens (including phenoxy) is 1. The third kappa shape index (κ3) is 5.84. The molecule has 1 N–H and O–H groups in total. The topological polar surface area (TPSA) is 69.2 Å². The second-order valence-corrected chi connectivity index (χ2v) is 5.90. The molecule has 0 aliphatic heterocycles. The number of nitrogens with zero attached hydrogens (tertiary/aromatic N) is 1. The van der Waals surface area contributed by atoms with Crippen LogP contribution in [0, 0.1) is 12.7 Å². The molecule has 0 bridgehead atoms. The van der Waals surface area contributed by atoms with Gasteiger partial charge < -0.3 is 14.4 Å². The molecule has 6 nitrogen and oxygen atoms in total. The van der Waals surface area contributed by atoms with E-state index in [1.54, 1.807) is 32.0 Å². The molecule has 2 aromatic rings. The second kappa shape index (κ2) is 9.26. The van der Waals surface area contributed by atoms with Crippen molar-refractivity contribution in [2.24, 2.45) is 5.16 Å². The van der Waals surface area contributed by atoms with Gasteiger partial charge in [-0.05, 0) is 31.5 Å². The lowest BCUT2D eigenvalue weighted by molar-refractivity contribution is -0.140. The highest BCUT2D eigenvalue weighted by atomic mass is 19.4. The Balaban J connectivity index is 2.10. The zero-order valence-electron chi connectivity index (χ0n) is 15.8. The van der Waals surface area contributed by atoms with E-state index in [0.717, 1.165) is 6.07 Å². The first-order valence-corrected chi connectivity index (χ1v) is 8.26. The van der Waals surface area contributed by atoms with Gasteiger partial charge in [0.05, 0.1) is 18.4 Å². The minimum absolute atomic E-state index is 0.272. The summed E-state index contributed by atoms with van der Waals surface area (Å²) in [4.78, 5) is 21.3. The van der Waals surface area contributed by atoms with E-state index in [1.807, 2.05) is 0 Å². The summed E-state index contributed by atoms with van der Waals surface area (Å²) >= 11 is 0. The third-order valence-corrected chi connectivity index (χ3v) is 3.84. The minimum Gasteiger partial charge on any atom is -0.451 e. The summed E-state index contributed by atoms with van der Waals surface area (Å²) in [5, 5.41) is 3.81. The summed E-state index contributed by atoms with van der Waals surface area (Å²) in [6.45, 7) is 2.86. The molecule has 0 aromatic heterocycles. The average Bonchev–Trinajstić information content (AvgIpc) is 2.67. The third-order valence-electron chi connectivity index (χ3n) is 3.84. The van der Waals surface area contributed by atoms with Crippen molar-refractivity contribution in [3.8, 4) is 5.75 Å². The van der Waals surface area contributed by atoms with Gasteiger partial charge in [-0.3, -0.25) is 0 Å². The molecule has 0 saturated heterocycles. The number of carbonyl (C=O) groups excluding carboxylic acids is 1. The SMILES string of the molecule is COC(=O)NOc1cc(C(C)=NOCc2cccc(C(F)(F)F)c2F)ccc1C. The van der Waals surface area contributed by atoms with E-state index < -0.39 is 30.3 Å². The molecule has 156 valence electrons. The van der Waals surface area contributed by atoms with E-state index in [4.69, 9.17) is 9.68 Å². The predicted octanol–water partition coefficient (Wildman–Crippen LogP) is 4.74. The average molecular weight is 414 g/mol. The Morgan fingerprint density at radius 2 is 1.93 bits per heavy atom. The van der Waals surface area contributed by atoms with E-state index in [1.165, 1.54) is 13.2 Å². The van der Waals surface area contributed by atoms with Crippen LogP contribution in [0.2, 0.25) is 0 Å². The Kier molecular flexibility index (Phi) is 7.03. The van der Waals surface area contributed by atoms with Crippen molar-refractivity contribution < 1.29 is 36.8 Å². The van der Waals surface area contributed by atoms with Gasteiger partial charge in [-0.2, -0.15) is 18.7 Å². The van der Waals surface area contributed by atoms with Crippen molar-refractivity contribution >= 4 is 11.8 Å². The minimum atomic E-state index is -4.80. The summed E-state index contributed by atoms with van der Waals surface area (Å²) in [7, 11) is 1.18. The van der Waals surface area contributed by atoms with Crippen molar-refractivity contribution in [2.75, 3.05) is 7.11 Å². The van der Waals surface area contributed by atoms with Gasteiger partial charge in [-0.25, -0.2) is 9.18 Å². The van der Waals surface area contributed by atoms with Gasteiger partial charge in [0.1, 0.15) is 12.4 Å². The lowest BCUT2D eigenvalue weighted by atomic mass is 10.1. The molecule has 2 rings (SSSR count). The quantitative estimate of drug-likeness (QED) is 0.421. The van der Waals surface area contributed by atoms with E-state index >= 15 is 0 Å². The first kappa shape index (κ1) is 22.0. The van der Waals surface area contributed by atoms with Gasteiger partial charge in [0, 0.05) is 11.1 Å². The van der Waals surface area contributed by atoms with Crippen LogP contribution in [0.4, 0.5) is 22.4 Å². The van der Waals surface area contributed by atoms with Crippen molar-refractivity contribution in [2.45, 2.75) is 26.6 Å². The number of benzene rings is 2. The maximum atomic E-state index is 14.0. The Labute approximate surface area is 164 Å². The number of alkyl halides is 3. The summed E-state index contributed by atoms with van der Waals surface area (Å²) < 4.78 is 56.6. The van der Waals surface area contributed by atoms with Gasteiger partial charge in [0.15, 0.2) is 5.75 Å². The molecule has 0 atom stereocenters. The van der Waals surface area contributed by atoms with Gasteiger partial charge in [0.2, 0.25) is 0 Å². The first-order chi connectivity index (χ1) is 13.6. The van der Waals surface area contributed by atoms with Gasteiger partial charge in [-0.1, -0.05) is 29.4 Å². The Hall–Kier alpha value is -3.30. The van der Waals surface area contributed by atoms with Gasteiger partial charge in [-0.15, -0.1) is 0 Å². The van der Waals surface area contributed by atoms with Crippen LogP contribution >= 0.6 is 0 Å². The van der Waals surface area contributed by atoms with Crippen LogP contribution in [-0.2, 0) is 22.4 Å². The predicted molar refractivity (Wildman–Crippen MR) is 95.7 cm³/mol. The highest BCUT2D eigenvalue weighted by Gasteiger charge is 2.34. The number of halogens is 4. The maximum Gasteiger partial charge on any atom is 0.440 e. The molecule has 0 fully saturated rings. The van der Waals surface area contributed by atoms with Crippen molar-refractivity contribution in [3.05, 3.63) is 64.5 Å². The number of aryl methyl sites for hydroxylation is 1. The van der Waals surface area contributed by atoms with Crippen LogP contribution in [0.5, 0.6) is 5.75 Å². The molecule has 0 saturated carbocycles. The first-order valence-electron chi connectivity index (χ1n) is 8.26. The smallest absolute Gasteiger partial charge is 0.440 e. The van der Waals surface area contributed by atoms with Gasteiger partial charge in [0.25, 0.3) is 0 Å². The molecule has 0 aliphatic rings. The largest absolute Gasteiger partial charge is 0.451 e. The number of hydrogen-bond acceptors (Lipinski definition) is 5. The number of hydroxylamine groups is 1. The molecular formula is C19H18F4N2O4. The molecule has 29 heavy (non-hydrogen) atoms. The van der Waals surface area contributed by atoms with E-state index in [0.29, 0.717) is 28.7 Å². The van der Waals surface area contributed by atoms with Crippen LogP contribution < -0.4 is 10.3 Å². The molecular weight excluding hydrogens is 396 g/mol. The van der Waals surface area contributed by atoms with Crippen LogP contribution in [0.25, 0.3) is 0 Å². The van der Waals surface area contributed by atoms with Crippen molar-refractivity contribution in [3.63, 3.8) is 0 Å². The molecule has 0 aliphatic carbocycles. The highest BCUT2D eigenvalue weighted by molar-refractivity contribution is 5.98. The number of amides is 1. The maximum absolute atomic E-state index is 14.0. The Bertz CT molecular complexity index is 914. The fourth-order valence-electron chi connectivity index (χ4n) is 2.23. The molecule has 10 heteroatoms. The van der Waals surface area contributed by atoms with Gasteiger partial charge >= 0.3 is 12.3 Å². The number of oxime groups is 1. The molecule has 0 heterocycles. The zero-order valence-corrected chi connectivity index (χ0v) is 15.8. The molecule has 0 radical (unpaired) electrons. The molecule has 2 aromatic carbocycles. The molecule has 0 unspecified atom stereocenters. The van der Waals surface area contributed by atoms with Crippen LogP contribution in [0.15, 0.2) is 41.6 Å². The normalized spacial score (nSPS) is 11.8. The van der Waals surface area contributed by atoms with Crippen LogP contribution in [-0.4, -0.2) is 18.9 Å². The number of rotatable bonds is 6. The number of nitrogens with one attached hydrogen (secondary N) is 1. The zero-order chi connectivity index (χ0) is 21.6. The van der Waals surface area contributed by atoms with Crippen LogP contribution in [0.3, 0.4) is 0 Å². The lowest BCUT2D eigenvalue weighted by Crippen LogP contribution is -2.27. The summed E-state index contributed by atoms with van der Waals surface area (Å²) in [6.07, 6.45) is -5.58.